The molecule has 0 aliphatic heterocycles. The van der Waals surface area contributed by atoms with E-state index in [0.29, 0.717) is 16.7 Å². The fourth-order valence-corrected chi connectivity index (χ4v) is 4.81. The van der Waals surface area contributed by atoms with E-state index in [1.54, 1.807) is 18.2 Å². The first-order chi connectivity index (χ1) is 9.81. The van der Waals surface area contributed by atoms with Crippen molar-refractivity contribution < 1.29 is 8.42 Å². The molecule has 0 bridgehead atoms. The summed E-state index contributed by atoms with van der Waals surface area (Å²) in [6.07, 6.45) is 4.37. The van der Waals surface area contributed by atoms with Crippen LogP contribution >= 0.6 is 15.9 Å². The summed E-state index contributed by atoms with van der Waals surface area (Å²) < 4.78 is 29.1. The molecule has 1 aliphatic carbocycles. The van der Waals surface area contributed by atoms with Crippen LogP contribution in [0.5, 0.6) is 0 Å². The zero-order chi connectivity index (χ0) is 15.6. The zero-order valence-electron chi connectivity index (χ0n) is 12.9. The van der Waals surface area contributed by atoms with Crippen LogP contribution in [0.3, 0.4) is 0 Å². The average Bonchev–Trinajstić information content (AvgIpc) is 2.41. The number of aryl methyl sites for hydroxylation is 1. The van der Waals surface area contributed by atoms with E-state index in [1.165, 1.54) is 6.42 Å². The predicted octanol–water partition coefficient (Wildman–Crippen LogP) is 4.25. The van der Waals surface area contributed by atoms with E-state index in [4.69, 9.17) is 0 Å². The first-order valence-corrected chi connectivity index (χ1v) is 9.87. The Morgan fingerprint density at radius 2 is 1.90 bits per heavy atom. The molecule has 0 aromatic heterocycles. The van der Waals surface area contributed by atoms with Crippen molar-refractivity contribution in [3.05, 3.63) is 28.2 Å². The van der Waals surface area contributed by atoms with Crippen molar-refractivity contribution >= 4 is 26.0 Å². The molecule has 1 fully saturated rings. The van der Waals surface area contributed by atoms with Crippen molar-refractivity contribution in [3.8, 4) is 0 Å². The number of hydrogen-bond acceptors (Lipinski definition) is 2. The molecule has 0 saturated heterocycles. The highest BCUT2D eigenvalue weighted by molar-refractivity contribution is 9.10. The van der Waals surface area contributed by atoms with Crippen LogP contribution in [0.2, 0.25) is 0 Å². The molecule has 21 heavy (non-hydrogen) atoms. The Hall–Kier alpha value is -0.390. The van der Waals surface area contributed by atoms with Gasteiger partial charge in [-0.3, -0.25) is 0 Å². The number of nitrogens with one attached hydrogen (secondary N) is 1. The lowest BCUT2D eigenvalue weighted by atomic mass is 9.78. The maximum absolute atomic E-state index is 12.6. The summed E-state index contributed by atoms with van der Waals surface area (Å²) in [5, 5.41) is 0. The number of rotatable bonds is 4. The molecule has 0 radical (unpaired) electrons. The van der Waals surface area contributed by atoms with Crippen LogP contribution in [0.1, 0.15) is 45.1 Å². The Morgan fingerprint density at radius 1 is 1.24 bits per heavy atom. The highest BCUT2D eigenvalue weighted by Gasteiger charge is 2.31. The predicted molar refractivity (Wildman–Crippen MR) is 89.8 cm³/mol. The Bertz CT molecular complexity index is 598. The lowest BCUT2D eigenvalue weighted by molar-refractivity contribution is 0.226. The van der Waals surface area contributed by atoms with Gasteiger partial charge in [-0.1, -0.05) is 42.6 Å². The highest BCUT2D eigenvalue weighted by Crippen LogP contribution is 2.31. The summed E-state index contributed by atoms with van der Waals surface area (Å²) in [4.78, 5) is 0.358. The second kappa shape index (κ2) is 6.80. The van der Waals surface area contributed by atoms with Gasteiger partial charge in [0.25, 0.3) is 0 Å². The van der Waals surface area contributed by atoms with Gasteiger partial charge < -0.3 is 0 Å². The number of hydrogen-bond donors (Lipinski definition) is 1. The minimum Gasteiger partial charge on any atom is -0.208 e. The van der Waals surface area contributed by atoms with Crippen LogP contribution in [-0.4, -0.2) is 14.5 Å². The lowest BCUT2D eigenvalue weighted by Crippen LogP contribution is -2.43. The quantitative estimate of drug-likeness (QED) is 0.856. The van der Waals surface area contributed by atoms with Gasteiger partial charge in [0.05, 0.1) is 4.90 Å². The summed E-state index contributed by atoms with van der Waals surface area (Å²) in [6, 6.07) is 5.24. The smallest absolute Gasteiger partial charge is 0.208 e. The molecule has 3 nitrogen and oxygen atoms in total. The molecule has 0 heterocycles. The largest absolute Gasteiger partial charge is 0.240 e. The van der Waals surface area contributed by atoms with E-state index < -0.39 is 10.0 Å². The molecule has 118 valence electrons. The Kier molecular flexibility index (Phi) is 5.49. The molecule has 0 spiro atoms. The highest BCUT2D eigenvalue weighted by atomic mass is 79.9. The van der Waals surface area contributed by atoms with Crippen LogP contribution in [0.15, 0.2) is 27.6 Å². The maximum Gasteiger partial charge on any atom is 0.240 e. The Balaban J connectivity index is 2.21. The number of halogens is 1. The summed E-state index contributed by atoms with van der Waals surface area (Å²) in [5.74, 6) is 0.940. The van der Waals surface area contributed by atoms with Gasteiger partial charge >= 0.3 is 0 Å². The second-order valence-electron chi connectivity index (χ2n) is 6.33. The van der Waals surface area contributed by atoms with Crippen molar-refractivity contribution in [2.45, 2.75) is 57.4 Å². The molecule has 1 saturated carbocycles. The molecular formula is C16H24BrNO2S. The molecule has 2 atom stereocenters. The zero-order valence-corrected chi connectivity index (χ0v) is 15.3. The van der Waals surface area contributed by atoms with Gasteiger partial charge in [-0.25, -0.2) is 13.1 Å². The van der Waals surface area contributed by atoms with Crippen LogP contribution in [-0.2, 0) is 10.0 Å². The third-order valence-corrected chi connectivity index (χ3v) is 6.80. The van der Waals surface area contributed by atoms with Gasteiger partial charge in [0.1, 0.15) is 0 Å². The normalized spacial score (nSPS) is 23.5. The average molecular weight is 374 g/mol. The Labute approximate surface area is 136 Å². The molecule has 1 aromatic carbocycles. The standard InChI is InChI=1S/C16H24BrNO2S/c1-11(2)14-6-4-5-7-16(14)18-21(19,20)13-8-9-15(17)12(3)10-13/h8-11,14,16,18H,4-7H2,1-3H3. The van der Waals surface area contributed by atoms with Crippen LogP contribution in [0.4, 0.5) is 0 Å². The molecule has 5 heteroatoms. The summed E-state index contributed by atoms with van der Waals surface area (Å²) in [6.45, 7) is 6.27. The van der Waals surface area contributed by atoms with E-state index >= 15 is 0 Å². The van der Waals surface area contributed by atoms with Crippen molar-refractivity contribution in [2.75, 3.05) is 0 Å². The molecule has 2 rings (SSSR count). The second-order valence-corrected chi connectivity index (χ2v) is 8.90. The van der Waals surface area contributed by atoms with Gasteiger partial charge in [-0.05, 0) is 55.4 Å². The SMILES string of the molecule is Cc1cc(S(=O)(=O)NC2CCCCC2C(C)C)ccc1Br. The van der Waals surface area contributed by atoms with Crippen LogP contribution in [0.25, 0.3) is 0 Å². The fourth-order valence-electron chi connectivity index (χ4n) is 3.16. The number of benzene rings is 1. The van der Waals surface area contributed by atoms with E-state index in [9.17, 15) is 8.42 Å². The Morgan fingerprint density at radius 3 is 2.52 bits per heavy atom. The minimum absolute atomic E-state index is 0.0627. The summed E-state index contributed by atoms with van der Waals surface area (Å²) >= 11 is 3.41. The van der Waals surface area contributed by atoms with Crippen molar-refractivity contribution in [3.63, 3.8) is 0 Å². The van der Waals surface area contributed by atoms with Crippen molar-refractivity contribution in [2.24, 2.45) is 11.8 Å². The van der Waals surface area contributed by atoms with Gasteiger partial charge in [0, 0.05) is 10.5 Å². The third kappa shape index (κ3) is 4.08. The third-order valence-electron chi connectivity index (χ3n) is 4.42. The van der Waals surface area contributed by atoms with E-state index in [2.05, 4.69) is 34.5 Å². The van der Waals surface area contributed by atoms with Gasteiger partial charge in [0.2, 0.25) is 10.0 Å². The van der Waals surface area contributed by atoms with Gasteiger partial charge in [-0.2, -0.15) is 0 Å². The fraction of sp³-hybridized carbons (Fsp3) is 0.625. The first kappa shape index (κ1) is 17.0. The monoisotopic (exact) mass is 373 g/mol. The maximum atomic E-state index is 12.6. The van der Waals surface area contributed by atoms with Gasteiger partial charge in [0.15, 0.2) is 0 Å². The molecule has 1 N–H and O–H groups in total. The van der Waals surface area contributed by atoms with Crippen molar-refractivity contribution in [1.29, 1.82) is 0 Å². The summed E-state index contributed by atoms with van der Waals surface area (Å²) in [7, 11) is -3.44. The van der Waals surface area contributed by atoms with Crippen molar-refractivity contribution in [1.82, 2.24) is 4.72 Å². The molecule has 2 unspecified atom stereocenters. The van der Waals surface area contributed by atoms with Crippen LogP contribution < -0.4 is 4.72 Å². The minimum atomic E-state index is -3.44. The van der Waals surface area contributed by atoms with Gasteiger partial charge in [-0.15, -0.1) is 0 Å². The molecular weight excluding hydrogens is 350 g/mol. The first-order valence-electron chi connectivity index (χ1n) is 7.60. The summed E-state index contributed by atoms with van der Waals surface area (Å²) in [5.41, 5.74) is 0.932. The van der Waals surface area contributed by atoms with E-state index in [1.807, 2.05) is 6.92 Å². The molecule has 0 amide bonds. The number of sulfonamides is 1. The molecule has 1 aromatic rings. The lowest BCUT2D eigenvalue weighted by Gasteiger charge is -2.34. The van der Waals surface area contributed by atoms with Crippen LogP contribution in [0, 0.1) is 18.8 Å². The van der Waals surface area contributed by atoms with E-state index in [0.717, 1.165) is 29.3 Å². The van der Waals surface area contributed by atoms with E-state index in [-0.39, 0.29) is 6.04 Å². The molecule has 1 aliphatic rings. The topological polar surface area (TPSA) is 46.2 Å².